The molecule has 33 heavy (non-hydrogen) atoms. The number of aromatic nitrogens is 2. The van der Waals surface area contributed by atoms with Crippen molar-refractivity contribution in [2.75, 3.05) is 36.8 Å². The Bertz CT molecular complexity index is 1080. The topological polar surface area (TPSA) is 108 Å². The van der Waals surface area contributed by atoms with E-state index in [2.05, 4.69) is 31.2 Å². The standard InChI is InChI=1S/C24H28N6O2S/c1-17-22(27-13-11-25-18(2)31)29-24(20-6-4-3-5-7-20)30-23(17)28-14-12-26-21(32)9-8-19-10-15-33-16-19/h3-10,15-16H,11-14H2,1-2H3,(H,25,31)(H,26,32)(H2,27,28,29,30). The number of benzene rings is 1. The van der Waals surface area contributed by atoms with Crippen molar-refractivity contribution in [2.24, 2.45) is 0 Å². The van der Waals surface area contributed by atoms with Crippen molar-refractivity contribution in [3.63, 3.8) is 0 Å². The van der Waals surface area contributed by atoms with E-state index in [1.807, 2.05) is 54.1 Å². The zero-order chi connectivity index (χ0) is 23.5. The van der Waals surface area contributed by atoms with E-state index in [1.54, 1.807) is 17.4 Å². The maximum Gasteiger partial charge on any atom is 0.244 e. The minimum absolute atomic E-state index is 0.0734. The number of nitrogens with one attached hydrogen (secondary N) is 4. The van der Waals surface area contributed by atoms with E-state index in [0.29, 0.717) is 43.6 Å². The Hall–Kier alpha value is -3.72. The molecule has 0 spiro atoms. The molecule has 0 saturated carbocycles. The first-order valence-electron chi connectivity index (χ1n) is 10.7. The predicted octanol–water partition coefficient (Wildman–Crippen LogP) is 3.30. The third-order valence-electron chi connectivity index (χ3n) is 4.66. The number of rotatable bonds is 11. The van der Waals surface area contributed by atoms with E-state index in [-0.39, 0.29) is 11.8 Å². The van der Waals surface area contributed by atoms with Crippen molar-refractivity contribution >= 4 is 40.9 Å². The van der Waals surface area contributed by atoms with Crippen molar-refractivity contribution in [1.82, 2.24) is 20.6 Å². The van der Waals surface area contributed by atoms with Gasteiger partial charge in [0.05, 0.1) is 0 Å². The molecular weight excluding hydrogens is 436 g/mol. The minimum Gasteiger partial charge on any atom is -0.368 e. The Morgan fingerprint density at radius 2 is 1.61 bits per heavy atom. The van der Waals surface area contributed by atoms with Crippen LogP contribution < -0.4 is 21.3 Å². The van der Waals surface area contributed by atoms with Gasteiger partial charge in [0, 0.05) is 50.3 Å². The highest BCUT2D eigenvalue weighted by Gasteiger charge is 2.12. The van der Waals surface area contributed by atoms with Gasteiger partial charge in [-0.1, -0.05) is 30.3 Å². The number of carbonyl (C=O) groups excluding carboxylic acids is 2. The Balaban J connectivity index is 1.63. The summed E-state index contributed by atoms with van der Waals surface area (Å²) in [6, 6.07) is 11.7. The first-order chi connectivity index (χ1) is 16.0. The van der Waals surface area contributed by atoms with Crippen LogP contribution in [0.5, 0.6) is 0 Å². The molecule has 0 aliphatic carbocycles. The van der Waals surface area contributed by atoms with Crippen LogP contribution in [0.1, 0.15) is 18.1 Å². The Labute approximate surface area is 197 Å². The third kappa shape index (κ3) is 7.73. The predicted molar refractivity (Wildman–Crippen MR) is 134 cm³/mol. The van der Waals surface area contributed by atoms with Crippen LogP contribution in [0, 0.1) is 6.92 Å². The molecule has 9 heteroatoms. The molecule has 2 aromatic heterocycles. The van der Waals surface area contributed by atoms with Crippen LogP contribution in [0.2, 0.25) is 0 Å². The Kier molecular flexibility index (Phi) is 8.96. The average Bonchev–Trinajstić information content (AvgIpc) is 3.34. The molecule has 3 aromatic rings. The molecular formula is C24H28N6O2S. The molecule has 4 N–H and O–H groups in total. The number of carbonyl (C=O) groups is 2. The lowest BCUT2D eigenvalue weighted by Crippen LogP contribution is -2.28. The normalized spacial score (nSPS) is 10.7. The van der Waals surface area contributed by atoms with Crippen LogP contribution in [0.3, 0.4) is 0 Å². The summed E-state index contributed by atoms with van der Waals surface area (Å²) in [4.78, 5) is 32.5. The Morgan fingerprint density at radius 3 is 2.21 bits per heavy atom. The van der Waals surface area contributed by atoms with Gasteiger partial charge < -0.3 is 21.3 Å². The molecule has 1 aromatic carbocycles. The van der Waals surface area contributed by atoms with Gasteiger partial charge in [0.25, 0.3) is 0 Å². The van der Waals surface area contributed by atoms with Crippen LogP contribution >= 0.6 is 11.3 Å². The first-order valence-corrected chi connectivity index (χ1v) is 11.6. The Morgan fingerprint density at radius 1 is 0.939 bits per heavy atom. The van der Waals surface area contributed by atoms with E-state index < -0.39 is 0 Å². The van der Waals surface area contributed by atoms with Gasteiger partial charge in [-0.2, -0.15) is 11.3 Å². The molecule has 0 bridgehead atoms. The zero-order valence-electron chi connectivity index (χ0n) is 18.7. The molecule has 0 radical (unpaired) electrons. The fraction of sp³-hybridized carbons (Fsp3) is 0.250. The molecule has 0 aliphatic rings. The van der Waals surface area contributed by atoms with Gasteiger partial charge in [-0.3, -0.25) is 9.59 Å². The monoisotopic (exact) mass is 464 g/mol. The summed E-state index contributed by atoms with van der Waals surface area (Å²) >= 11 is 1.59. The van der Waals surface area contributed by atoms with Gasteiger partial charge in [-0.25, -0.2) is 9.97 Å². The highest BCUT2D eigenvalue weighted by molar-refractivity contribution is 7.08. The van der Waals surface area contributed by atoms with E-state index in [9.17, 15) is 9.59 Å². The lowest BCUT2D eigenvalue weighted by Gasteiger charge is -2.15. The fourth-order valence-electron chi connectivity index (χ4n) is 2.96. The summed E-state index contributed by atoms with van der Waals surface area (Å²) in [5.41, 5.74) is 2.77. The summed E-state index contributed by atoms with van der Waals surface area (Å²) in [5, 5.41) is 16.2. The molecule has 3 rings (SSSR count). The molecule has 0 atom stereocenters. The number of hydrogen-bond acceptors (Lipinski definition) is 7. The number of thiophene rings is 1. The minimum atomic E-state index is -0.146. The molecule has 0 aliphatic heterocycles. The summed E-state index contributed by atoms with van der Waals surface area (Å²) in [6.07, 6.45) is 3.32. The smallest absolute Gasteiger partial charge is 0.244 e. The van der Waals surface area contributed by atoms with Crippen molar-refractivity contribution in [3.05, 3.63) is 64.4 Å². The van der Waals surface area contributed by atoms with Crippen molar-refractivity contribution in [2.45, 2.75) is 13.8 Å². The molecule has 8 nitrogen and oxygen atoms in total. The van der Waals surface area contributed by atoms with E-state index in [0.717, 1.165) is 16.7 Å². The third-order valence-corrected chi connectivity index (χ3v) is 5.36. The second kappa shape index (κ2) is 12.4. The highest BCUT2D eigenvalue weighted by Crippen LogP contribution is 2.24. The van der Waals surface area contributed by atoms with Crippen LogP contribution in [0.15, 0.2) is 53.2 Å². The lowest BCUT2D eigenvalue weighted by molar-refractivity contribution is -0.119. The van der Waals surface area contributed by atoms with E-state index >= 15 is 0 Å². The van der Waals surface area contributed by atoms with Gasteiger partial charge in [-0.05, 0) is 35.4 Å². The second-order valence-corrected chi connectivity index (χ2v) is 8.03. The average molecular weight is 465 g/mol. The molecule has 0 fully saturated rings. The van der Waals surface area contributed by atoms with Crippen LogP contribution in [-0.2, 0) is 9.59 Å². The highest BCUT2D eigenvalue weighted by atomic mass is 32.1. The summed E-state index contributed by atoms with van der Waals surface area (Å²) in [7, 11) is 0. The fourth-order valence-corrected chi connectivity index (χ4v) is 3.59. The summed E-state index contributed by atoms with van der Waals surface area (Å²) in [6.45, 7) is 5.41. The van der Waals surface area contributed by atoms with Gasteiger partial charge in [0.2, 0.25) is 11.8 Å². The number of hydrogen-bond donors (Lipinski definition) is 4. The molecule has 0 saturated heterocycles. The number of nitrogens with zero attached hydrogens (tertiary/aromatic N) is 2. The number of anilines is 2. The van der Waals surface area contributed by atoms with E-state index in [1.165, 1.54) is 13.0 Å². The van der Waals surface area contributed by atoms with E-state index in [4.69, 9.17) is 0 Å². The van der Waals surface area contributed by atoms with Crippen molar-refractivity contribution in [3.8, 4) is 11.4 Å². The molecule has 172 valence electrons. The largest absolute Gasteiger partial charge is 0.368 e. The van der Waals surface area contributed by atoms with Crippen LogP contribution in [0.25, 0.3) is 17.5 Å². The van der Waals surface area contributed by atoms with Gasteiger partial charge in [0.15, 0.2) is 5.82 Å². The molecule has 2 amide bonds. The summed E-state index contributed by atoms with van der Waals surface area (Å²) in [5.74, 6) is 1.75. The maximum absolute atomic E-state index is 12.0. The second-order valence-electron chi connectivity index (χ2n) is 7.25. The van der Waals surface area contributed by atoms with Gasteiger partial charge in [0.1, 0.15) is 11.6 Å². The molecule has 2 heterocycles. The SMILES string of the molecule is CC(=O)NCCNc1nc(-c2ccccc2)nc(NCCNC(=O)C=Cc2ccsc2)c1C. The maximum atomic E-state index is 12.0. The molecule has 0 unspecified atom stereocenters. The quantitative estimate of drug-likeness (QED) is 0.256. The zero-order valence-corrected chi connectivity index (χ0v) is 19.5. The number of amides is 2. The van der Waals surface area contributed by atoms with Crippen molar-refractivity contribution < 1.29 is 9.59 Å². The van der Waals surface area contributed by atoms with Gasteiger partial charge >= 0.3 is 0 Å². The van der Waals surface area contributed by atoms with Crippen molar-refractivity contribution in [1.29, 1.82) is 0 Å². The lowest BCUT2D eigenvalue weighted by atomic mass is 10.2. The van der Waals surface area contributed by atoms with Crippen LogP contribution in [-0.4, -0.2) is 48.0 Å². The first kappa shape index (κ1) is 23.9. The van der Waals surface area contributed by atoms with Gasteiger partial charge in [-0.15, -0.1) is 0 Å². The summed E-state index contributed by atoms with van der Waals surface area (Å²) < 4.78 is 0. The van der Waals surface area contributed by atoms with Crippen LogP contribution in [0.4, 0.5) is 11.6 Å².